The number of nitrogens with zero attached hydrogens (tertiary/aromatic N) is 2. The van der Waals surface area contributed by atoms with E-state index in [4.69, 9.17) is 0 Å². The highest BCUT2D eigenvalue weighted by atomic mass is 19.1. The van der Waals surface area contributed by atoms with Gasteiger partial charge < -0.3 is 0 Å². The van der Waals surface area contributed by atoms with Gasteiger partial charge in [0.25, 0.3) is 11.8 Å². The van der Waals surface area contributed by atoms with E-state index in [1.165, 1.54) is 25.4 Å². The Morgan fingerprint density at radius 2 is 2.00 bits per heavy atom. The maximum Gasteiger partial charge on any atom is 0.279 e. The van der Waals surface area contributed by atoms with Crippen LogP contribution < -0.4 is 0 Å². The molecular weight excluding hydrogens is 223 g/mol. The highest BCUT2D eigenvalue weighted by molar-refractivity contribution is 6.25. The summed E-state index contributed by atoms with van der Waals surface area (Å²) in [6.07, 6.45) is 1.40. The van der Waals surface area contributed by atoms with Crippen LogP contribution >= 0.6 is 0 Å². The van der Waals surface area contributed by atoms with Gasteiger partial charge in [-0.1, -0.05) is 12.1 Å². The van der Waals surface area contributed by atoms with E-state index in [0.717, 1.165) is 4.90 Å². The summed E-state index contributed by atoms with van der Waals surface area (Å²) >= 11 is 0. The smallest absolute Gasteiger partial charge is 0.276 e. The normalized spacial score (nSPS) is 14.6. The van der Waals surface area contributed by atoms with Crippen molar-refractivity contribution < 1.29 is 14.0 Å². The minimum Gasteiger partial charge on any atom is -0.276 e. The molecule has 1 aromatic carbocycles. The molecule has 1 aliphatic heterocycles. The van der Waals surface area contributed by atoms with E-state index >= 15 is 0 Å². The van der Waals surface area contributed by atoms with Gasteiger partial charge in [-0.2, -0.15) is 0 Å². The van der Waals surface area contributed by atoms with Gasteiger partial charge in [0.05, 0.1) is 5.56 Å². The van der Waals surface area contributed by atoms with Crippen LogP contribution in [0.3, 0.4) is 0 Å². The zero-order valence-electron chi connectivity index (χ0n) is 8.90. The van der Waals surface area contributed by atoms with E-state index in [0.29, 0.717) is 5.39 Å². The number of benzene rings is 1. The number of halogens is 1. The molecule has 5 heteroatoms. The number of pyridine rings is 1. The molecular formula is C12H7FN2O2. The minimum atomic E-state index is -0.516. The van der Waals surface area contributed by atoms with Crippen LogP contribution in [0.25, 0.3) is 10.8 Å². The third kappa shape index (κ3) is 1.13. The number of amides is 2. The van der Waals surface area contributed by atoms with Gasteiger partial charge in [0.1, 0.15) is 11.5 Å². The standard InChI is InChI=1S/C12H7FN2O2/c1-15-11(16)9-8-6(3-2-4-7(8)13)5-14-10(9)12(15)17/h2-5H,1H3. The summed E-state index contributed by atoms with van der Waals surface area (Å²) in [5.74, 6) is -1.51. The van der Waals surface area contributed by atoms with Crippen molar-refractivity contribution in [2.24, 2.45) is 0 Å². The fraction of sp³-hybridized carbons (Fsp3) is 0.0833. The van der Waals surface area contributed by atoms with Crippen molar-refractivity contribution in [1.82, 2.24) is 9.88 Å². The van der Waals surface area contributed by atoms with Crippen LogP contribution in [0.15, 0.2) is 24.4 Å². The molecule has 0 unspecified atom stereocenters. The zero-order valence-corrected chi connectivity index (χ0v) is 8.90. The van der Waals surface area contributed by atoms with Crippen LogP contribution in [-0.2, 0) is 0 Å². The fourth-order valence-electron chi connectivity index (χ4n) is 2.02. The van der Waals surface area contributed by atoms with Gasteiger partial charge in [-0.05, 0) is 6.07 Å². The first-order valence-electron chi connectivity index (χ1n) is 5.01. The third-order valence-corrected chi connectivity index (χ3v) is 2.89. The van der Waals surface area contributed by atoms with Crippen LogP contribution in [0.4, 0.5) is 4.39 Å². The van der Waals surface area contributed by atoms with Crippen molar-refractivity contribution in [2.75, 3.05) is 7.05 Å². The van der Waals surface area contributed by atoms with E-state index < -0.39 is 17.6 Å². The summed E-state index contributed by atoms with van der Waals surface area (Å²) in [4.78, 5) is 28.4. The Kier molecular flexibility index (Phi) is 1.80. The van der Waals surface area contributed by atoms with Crippen LogP contribution in [0.2, 0.25) is 0 Å². The van der Waals surface area contributed by atoms with E-state index in [1.807, 2.05) is 0 Å². The lowest BCUT2D eigenvalue weighted by molar-refractivity contribution is 0.0692. The first-order chi connectivity index (χ1) is 8.11. The average molecular weight is 230 g/mol. The Morgan fingerprint density at radius 1 is 1.24 bits per heavy atom. The summed E-state index contributed by atoms with van der Waals surface area (Å²) in [5.41, 5.74) is 0.0863. The minimum absolute atomic E-state index is 0.0232. The number of aromatic nitrogens is 1. The predicted octanol–water partition coefficient (Wildman–Crippen LogP) is 1.60. The molecule has 17 heavy (non-hydrogen) atoms. The molecule has 0 saturated heterocycles. The van der Waals surface area contributed by atoms with Crippen molar-refractivity contribution >= 4 is 22.6 Å². The number of imide groups is 1. The quantitative estimate of drug-likeness (QED) is 0.646. The Labute approximate surface area is 95.7 Å². The van der Waals surface area contributed by atoms with E-state index in [1.54, 1.807) is 6.07 Å². The van der Waals surface area contributed by atoms with E-state index in [2.05, 4.69) is 4.98 Å². The molecule has 2 amide bonds. The number of carbonyl (C=O) groups excluding carboxylic acids is 2. The molecule has 84 valence electrons. The Morgan fingerprint density at radius 3 is 2.76 bits per heavy atom. The molecule has 0 saturated carbocycles. The maximum atomic E-state index is 13.8. The van der Waals surface area contributed by atoms with Crippen molar-refractivity contribution in [3.05, 3.63) is 41.5 Å². The molecule has 2 heterocycles. The Bertz CT molecular complexity index is 682. The monoisotopic (exact) mass is 230 g/mol. The summed E-state index contributed by atoms with van der Waals surface area (Å²) < 4.78 is 13.8. The molecule has 2 aromatic rings. The molecule has 0 aliphatic carbocycles. The molecule has 1 aromatic heterocycles. The summed E-state index contributed by atoms with van der Waals surface area (Å²) in [7, 11) is 1.36. The van der Waals surface area contributed by atoms with Gasteiger partial charge in [0, 0.05) is 24.0 Å². The number of hydrogen-bond acceptors (Lipinski definition) is 3. The highest BCUT2D eigenvalue weighted by Crippen LogP contribution is 2.29. The topological polar surface area (TPSA) is 50.3 Å². The lowest BCUT2D eigenvalue weighted by Gasteiger charge is -2.04. The number of hydrogen-bond donors (Lipinski definition) is 0. The lowest BCUT2D eigenvalue weighted by atomic mass is 10.1. The first-order valence-corrected chi connectivity index (χ1v) is 5.01. The largest absolute Gasteiger partial charge is 0.279 e. The van der Waals surface area contributed by atoms with Crippen molar-refractivity contribution in [3.63, 3.8) is 0 Å². The van der Waals surface area contributed by atoms with Gasteiger partial charge in [0.2, 0.25) is 0 Å². The highest BCUT2D eigenvalue weighted by Gasteiger charge is 2.36. The van der Waals surface area contributed by atoms with Gasteiger partial charge in [-0.3, -0.25) is 14.5 Å². The second-order valence-electron chi connectivity index (χ2n) is 3.86. The number of rotatable bonds is 0. The predicted molar refractivity (Wildman–Crippen MR) is 58.1 cm³/mol. The first kappa shape index (κ1) is 9.89. The van der Waals surface area contributed by atoms with Gasteiger partial charge in [0.15, 0.2) is 0 Å². The molecule has 4 nitrogen and oxygen atoms in total. The molecule has 0 atom stereocenters. The second-order valence-corrected chi connectivity index (χ2v) is 3.86. The second kappa shape index (κ2) is 3.10. The number of fused-ring (bicyclic) bond motifs is 3. The molecule has 0 fully saturated rings. The summed E-state index contributed by atoms with van der Waals surface area (Å²) in [6.45, 7) is 0. The average Bonchev–Trinajstić information content (AvgIpc) is 2.55. The maximum absolute atomic E-state index is 13.8. The summed E-state index contributed by atoms with van der Waals surface area (Å²) in [6, 6.07) is 4.46. The zero-order chi connectivity index (χ0) is 12.2. The molecule has 0 spiro atoms. The van der Waals surface area contributed by atoms with Crippen molar-refractivity contribution in [2.45, 2.75) is 0 Å². The summed E-state index contributed by atoms with van der Waals surface area (Å²) in [5, 5.41) is 0.681. The lowest BCUT2D eigenvalue weighted by Crippen LogP contribution is -2.24. The molecule has 0 N–H and O–H groups in total. The van der Waals surface area contributed by atoms with Crippen LogP contribution in [0.5, 0.6) is 0 Å². The molecule has 0 bridgehead atoms. The van der Waals surface area contributed by atoms with Gasteiger partial charge in [-0.25, -0.2) is 9.37 Å². The van der Waals surface area contributed by atoms with Crippen molar-refractivity contribution in [1.29, 1.82) is 0 Å². The molecule has 3 rings (SSSR count). The molecule has 0 radical (unpaired) electrons. The van der Waals surface area contributed by atoms with Crippen LogP contribution in [0.1, 0.15) is 20.8 Å². The third-order valence-electron chi connectivity index (χ3n) is 2.89. The van der Waals surface area contributed by atoms with E-state index in [-0.39, 0.29) is 16.6 Å². The van der Waals surface area contributed by atoms with Crippen LogP contribution in [-0.4, -0.2) is 28.7 Å². The van der Waals surface area contributed by atoms with Crippen LogP contribution in [0, 0.1) is 5.82 Å². The Balaban J connectivity index is 2.50. The Hall–Kier alpha value is -2.30. The van der Waals surface area contributed by atoms with Crippen molar-refractivity contribution in [3.8, 4) is 0 Å². The van der Waals surface area contributed by atoms with Gasteiger partial charge >= 0.3 is 0 Å². The SMILES string of the molecule is CN1C(=O)c2ncc3cccc(F)c3c2C1=O. The van der Waals surface area contributed by atoms with Gasteiger partial charge in [-0.15, -0.1) is 0 Å². The van der Waals surface area contributed by atoms with E-state index in [9.17, 15) is 14.0 Å². The molecule has 1 aliphatic rings. The number of carbonyl (C=O) groups is 2. The fourth-order valence-corrected chi connectivity index (χ4v) is 2.02.